The van der Waals surface area contributed by atoms with Gasteiger partial charge in [0.15, 0.2) is 0 Å². The topological polar surface area (TPSA) is 108 Å². The molecule has 2 aliphatic rings. The van der Waals surface area contributed by atoms with E-state index in [2.05, 4.69) is 22.1 Å². The summed E-state index contributed by atoms with van der Waals surface area (Å²) in [5.74, 6) is 0.400. The van der Waals surface area contributed by atoms with Crippen LogP contribution < -0.4 is 15.4 Å². The third-order valence-electron chi connectivity index (χ3n) is 5.79. The first-order valence-corrected chi connectivity index (χ1v) is 9.81. The number of fused-ring (bicyclic) bond motifs is 1. The van der Waals surface area contributed by atoms with Gasteiger partial charge in [-0.3, -0.25) is 9.59 Å². The summed E-state index contributed by atoms with van der Waals surface area (Å²) in [6.45, 7) is 0.729. The van der Waals surface area contributed by atoms with Gasteiger partial charge in [0.05, 0.1) is 19.6 Å². The number of carbonyl (C=O) groups is 2. The molecule has 1 amide bonds. The van der Waals surface area contributed by atoms with Gasteiger partial charge in [-0.25, -0.2) is 9.97 Å². The predicted octanol–water partition coefficient (Wildman–Crippen LogP) is 2.54. The van der Waals surface area contributed by atoms with Crippen LogP contribution in [0.15, 0.2) is 30.6 Å². The average Bonchev–Trinajstić information content (AvgIpc) is 2.93. The Kier molecular flexibility index (Phi) is 5.33. The number of benzene rings is 1. The highest BCUT2D eigenvalue weighted by atomic mass is 16.5. The molecule has 8 heteroatoms. The lowest BCUT2D eigenvalue weighted by Crippen LogP contribution is -2.32. The van der Waals surface area contributed by atoms with E-state index >= 15 is 0 Å². The van der Waals surface area contributed by atoms with Crippen LogP contribution in [-0.2, 0) is 9.53 Å². The van der Waals surface area contributed by atoms with Gasteiger partial charge in [-0.05, 0) is 49.3 Å². The molecule has 2 aromatic rings. The molecule has 8 nitrogen and oxygen atoms in total. The van der Waals surface area contributed by atoms with E-state index in [9.17, 15) is 9.59 Å². The largest absolute Gasteiger partial charge is 0.475 e. The summed E-state index contributed by atoms with van der Waals surface area (Å²) >= 11 is 0. The zero-order valence-corrected chi connectivity index (χ0v) is 16.3. The number of amides is 1. The highest BCUT2D eigenvalue weighted by molar-refractivity contribution is 6.10. The molecule has 2 N–H and O–H groups in total. The molecule has 4 rings (SSSR count). The summed E-state index contributed by atoms with van der Waals surface area (Å²) in [5.41, 5.74) is 8.10. The van der Waals surface area contributed by atoms with Crippen LogP contribution in [0.4, 0.5) is 11.5 Å². The van der Waals surface area contributed by atoms with Crippen molar-refractivity contribution in [1.82, 2.24) is 9.97 Å². The van der Waals surface area contributed by atoms with E-state index in [1.165, 1.54) is 19.0 Å². The second kappa shape index (κ2) is 8.06. The number of nitrogens with two attached hydrogens (primary N) is 1. The Hall–Kier alpha value is -3.16. The van der Waals surface area contributed by atoms with Crippen molar-refractivity contribution in [3.63, 3.8) is 0 Å². The molecule has 1 aliphatic carbocycles. The molecule has 0 radical (unpaired) electrons. The minimum atomic E-state index is -0.262. The number of anilines is 2. The summed E-state index contributed by atoms with van der Waals surface area (Å²) in [6.07, 6.45) is 4.89. The van der Waals surface area contributed by atoms with Crippen LogP contribution in [0.25, 0.3) is 0 Å². The van der Waals surface area contributed by atoms with E-state index in [0.29, 0.717) is 19.1 Å². The fourth-order valence-electron chi connectivity index (χ4n) is 4.16. The zero-order valence-electron chi connectivity index (χ0n) is 16.3. The van der Waals surface area contributed by atoms with Crippen LogP contribution in [0.3, 0.4) is 0 Å². The highest BCUT2D eigenvalue weighted by Gasteiger charge is 2.30. The molecule has 29 heavy (non-hydrogen) atoms. The van der Waals surface area contributed by atoms with Gasteiger partial charge in [-0.15, -0.1) is 0 Å². The molecule has 1 saturated carbocycles. The minimum Gasteiger partial charge on any atom is -0.475 e. The van der Waals surface area contributed by atoms with Gasteiger partial charge in [-0.2, -0.15) is 0 Å². The number of rotatable bonds is 3. The Bertz CT molecular complexity index is 907. The van der Waals surface area contributed by atoms with E-state index in [0.717, 1.165) is 31.4 Å². The Morgan fingerprint density at radius 1 is 1.17 bits per heavy atom. The Morgan fingerprint density at radius 2 is 1.90 bits per heavy atom. The smallest absolute Gasteiger partial charge is 0.308 e. The number of nitrogen functional groups attached to an aromatic ring is 1. The van der Waals surface area contributed by atoms with Crippen molar-refractivity contribution in [1.29, 1.82) is 0 Å². The fourth-order valence-corrected chi connectivity index (χ4v) is 4.16. The van der Waals surface area contributed by atoms with Gasteiger partial charge in [0.2, 0.25) is 5.88 Å². The van der Waals surface area contributed by atoms with Crippen molar-refractivity contribution < 1.29 is 19.1 Å². The summed E-state index contributed by atoms with van der Waals surface area (Å²) in [6, 6.07) is 8.02. The van der Waals surface area contributed by atoms with E-state index < -0.39 is 0 Å². The van der Waals surface area contributed by atoms with Gasteiger partial charge in [-0.1, -0.05) is 12.1 Å². The van der Waals surface area contributed by atoms with Crippen molar-refractivity contribution in [2.75, 3.05) is 30.9 Å². The maximum Gasteiger partial charge on any atom is 0.308 e. The first-order valence-electron chi connectivity index (χ1n) is 9.81. The SMILES string of the molecule is COC(=O)C1CCC(c2ccc(N3CCOc4ncnc(N)c4C3=O)cc2)CC1. The second-order valence-corrected chi connectivity index (χ2v) is 7.41. The number of hydrogen-bond donors (Lipinski definition) is 1. The zero-order chi connectivity index (χ0) is 20.4. The number of aromatic nitrogens is 2. The summed E-state index contributed by atoms with van der Waals surface area (Å²) in [7, 11) is 1.44. The van der Waals surface area contributed by atoms with Crippen LogP contribution in [0.2, 0.25) is 0 Å². The average molecular weight is 396 g/mol. The predicted molar refractivity (Wildman–Crippen MR) is 107 cm³/mol. The van der Waals surface area contributed by atoms with Gasteiger partial charge >= 0.3 is 5.97 Å². The summed E-state index contributed by atoms with van der Waals surface area (Å²) in [5, 5.41) is 0. The maximum absolute atomic E-state index is 13.0. The molecule has 0 bridgehead atoms. The molecule has 0 spiro atoms. The van der Waals surface area contributed by atoms with Crippen molar-refractivity contribution in [3.05, 3.63) is 41.7 Å². The number of carbonyl (C=O) groups excluding carboxylic acids is 2. The van der Waals surface area contributed by atoms with Crippen molar-refractivity contribution in [2.24, 2.45) is 5.92 Å². The number of methoxy groups -OCH3 is 1. The van der Waals surface area contributed by atoms with Gasteiger partial charge < -0.3 is 20.1 Å². The van der Waals surface area contributed by atoms with Crippen molar-refractivity contribution >= 4 is 23.4 Å². The normalized spacial score (nSPS) is 21.7. The first-order chi connectivity index (χ1) is 14.1. The Labute approximate surface area is 169 Å². The lowest BCUT2D eigenvalue weighted by molar-refractivity contribution is -0.146. The third kappa shape index (κ3) is 3.74. The fraction of sp³-hybridized carbons (Fsp3) is 0.429. The summed E-state index contributed by atoms with van der Waals surface area (Å²) < 4.78 is 10.4. The van der Waals surface area contributed by atoms with Crippen LogP contribution >= 0.6 is 0 Å². The molecule has 1 aliphatic heterocycles. The first kappa shape index (κ1) is 19.2. The molecular weight excluding hydrogens is 372 g/mol. The van der Waals surface area contributed by atoms with Gasteiger partial charge in [0.25, 0.3) is 5.91 Å². The third-order valence-corrected chi connectivity index (χ3v) is 5.79. The van der Waals surface area contributed by atoms with Crippen molar-refractivity contribution in [3.8, 4) is 5.88 Å². The molecule has 2 heterocycles. The second-order valence-electron chi connectivity index (χ2n) is 7.41. The quantitative estimate of drug-likeness (QED) is 0.794. The Morgan fingerprint density at radius 3 is 2.59 bits per heavy atom. The van der Waals surface area contributed by atoms with Crippen LogP contribution in [0.1, 0.15) is 47.5 Å². The minimum absolute atomic E-state index is 0.0120. The van der Waals surface area contributed by atoms with Crippen molar-refractivity contribution in [2.45, 2.75) is 31.6 Å². The summed E-state index contributed by atoms with van der Waals surface area (Å²) in [4.78, 5) is 34.3. The Balaban J connectivity index is 1.49. The highest BCUT2D eigenvalue weighted by Crippen LogP contribution is 2.37. The van der Waals surface area contributed by atoms with E-state index in [4.69, 9.17) is 15.2 Å². The van der Waals surface area contributed by atoms with E-state index in [-0.39, 0.29) is 35.1 Å². The van der Waals surface area contributed by atoms with Crippen LogP contribution in [0.5, 0.6) is 5.88 Å². The number of nitrogens with zero attached hydrogens (tertiary/aromatic N) is 3. The standard InChI is InChI=1S/C21H24N4O4/c1-28-21(27)15-4-2-13(3-5-15)14-6-8-16(9-7-14)25-10-11-29-19-17(20(25)26)18(22)23-12-24-19/h6-9,12-13,15H,2-5,10-11H2,1H3,(H2,22,23,24). The van der Waals surface area contributed by atoms with Gasteiger partial charge in [0, 0.05) is 5.69 Å². The molecule has 0 atom stereocenters. The lowest BCUT2D eigenvalue weighted by Gasteiger charge is -2.27. The lowest BCUT2D eigenvalue weighted by atomic mass is 9.79. The molecule has 1 aromatic heterocycles. The molecule has 152 valence electrons. The molecule has 1 aromatic carbocycles. The van der Waals surface area contributed by atoms with Gasteiger partial charge in [0.1, 0.15) is 24.3 Å². The van der Waals surface area contributed by atoms with E-state index in [1.54, 1.807) is 4.90 Å². The molecule has 1 fully saturated rings. The number of hydrogen-bond acceptors (Lipinski definition) is 7. The van der Waals surface area contributed by atoms with Crippen LogP contribution in [0, 0.1) is 5.92 Å². The number of ether oxygens (including phenoxy) is 2. The monoisotopic (exact) mass is 396 g/mol. The number of esters is 1. The molecular formula is C21H24N4O4. The van der Waals surface area contributed by atoms with E-state index in [1.807, 2.05) is 12.1 Å². The molecule has 0 unspecified atom stereocenters. The maximum atomic E-state index is 13.0. The van der Waals surface area contributed by atoms with Crippen LogP contribution in [-0.4, -0.2) is 42.1 Å². The molecule has 0 saturated heterocycles.